The van der Waals surface area contributed by atoms with E-state index in [1.807, 2.05) is 6.92 Å². The quantitative estimate of drug-likeness (QED) is 0.357. The van der Waals surface area contributed by atoms with Crippen LogP contribution in [-0.4, -0.2) is 47.1 Å². The lowest BCUT2D eigenvalue weighted by Gasteiger charge is -2.38. The predicted molar refractivity (Wildman–Crippen MR) is 99.8 cm³/mol. The molecule has 1 fully saturated rings. The molecule has 0 N–H and O–H groups in total. The standard InChI is InChI=1S/C17H30N4O3S/c1-4-7-10-14-18-19-17(25-14)21(23)13-20(11-8-5-2)12-15(21)24-16(22)9-6-3/h15H,4-13H2,1-3H3. The topological polar surface area (TPSA) is 78.4 Å². The summed E-state index contributed by atoms with van der Waals surface area (Å²) in [5.74, 6) is -0.307. The minimum Gasteiger partial charge on any atom is -0.622 e. The zero-order valence-electron chi connectivity index (χ0n) is 15.6. The number of quaternary nitrogens is 1. The highest BCUT2D eigenvalue weighted by molar-refractivity contribution is 7.15. The van der Waals surface area contributed by atoms with Gasteiger partial charge in [0.1, 0.15) is 11.7 Å². The van der Waals surface area contributed by atoms with Crippen LogP contribution in [0.5, 0.6) is 0 Å². The first-order valence-corrected chi connectivity index (χ1v) is 10.2. The van der Waals surface area contributed by atoms with Gasteiger partial charge in [-0.1, -0.05) is 38.7 Å². The molecular weight excluding hydrogens is 340 g/mol. The molecule has 0 aliphatic carbocycles. The van der Waals surface area contributed by atoms with Crippen molar-refractivity contribution < 1.29 is 9.53 Å². The fraction of sp³-hybridized carbons (Fsp3) is 0.824. The number of hydrogen-bond donors (Lipinski definition) is 0. The largest absolute Gasteiger partial charge is 0.622 e. The van der Waals surface area contributed by atoms with Gasteiger partial charge in [0.15, 0.2) is 0 Å². The van der Waals surface area contributed by atoms with Gasteiger partial charge < -0.3 is 9.94 Å². The number of carbonyl (C=O) groups is 1. The summed E-state index contributed by atoms with van der Waals surface area (Å²) in [5, 5.41) is 23.2. The van der Waals surface area contributed by atoms with Crippen molar-refractivity contribution in [2.75, 3.05) is 19.8 Å². The van der Waals surface area contributed by atoms with Crippen molar-refractivity contribution in [3.8, 4) is 0 Å². The molecule has 1 saturated heterocycles. The average molecular weight is 371 g/mol. The van der Waals surface area contributed by atoms with E-state index in [1.165, 1.54) is 11.3 Å². The summed E-state index contributed by atoms with van der Waals surface area (Å²) in [4.78, 5) is 14.0. The maximum Gasteiger partial charge on any atom is 0.310 e. The van der Waals surface area contributed by atoms with Gasteiger partial charge in [0, 0.05) is 19.4 Å². The fourth-order valence-corrected chi connectivity index (χ4v) is 3.84. The van der Waals surface area contributed by atoms with Gasteiger partial charge in [-0.3, -0.25) is 9.44 Å². The SMILES string of the molecule is CCCCc1nnc([N+]2([O-])CN(CCCC)CC2OC(=O)CCC)s1. The molecule has 1 aromatic heterocycles. The number of aromatic nitrogens is 2. The molecule has 1 aliphatic heterocycles. The first kappa shape index (κ1) is 20.2. The molecule has 142 valence electrons. The Hall–Kier alpha value is -1.09. The molecule has 1 aliphatic rings. The summed E-state index contributed by atoms with van der Waals surface area (Å²) in [6.07, 6.45) is 5.34. The molecule has 7 nitrogen and oxygen atoms in total. The lowest BCUT2D eigenvalue weighted by molar-refractivity contribution is -0.153. The van der Waals surface area contributed by atoms with Crippen LogP contribution in [0.3, 0.4) is 0 Å². The van der Waals surface area contributed by atoms with E-state index in [0.717, 1.165) is 43.7 Å². The zero-order valence-corrected chi connectivity index (χ0v) is 16.4. The first-order valence-electron chi connectivity index (χ1n) is 9.37. The minimum atomic E-state index is -0.747. The number of hydroxylamine groups is 2. The highest BCUT2D eigenvalue weighted by atomic mass is 32.1. The highest BCUT2D eigenvalue weighted by Gasteiger charge is 2.46. The van der Waals surface area contributed by atoms with Crippen LogP contribution in [-0.2, 0) is 16.0 Å². The van der Waals surface area contributed by atoms with Crippen LogP contribution in [0.1, 0.15) is 64.3 Å². The van der Waals surface area contributed by atoms with E-state index in [1.54, 1.807) is 0 Å². The second kappa shape index (κ2) is 9.56. The van der Waals surface area contributed by atoms with E-state index in [2.05, 4.69) is 28.9 Å². The smallest absolute Gasteiger partial charge is 0.310 e. The molecule has 8 heteroatoms. The van der Waals surface area contributed by atoms with Gasteiger partial charge in [-0.15, -0.1) is 5.10 Å². The zero-order chi connectivity index (χ0) is 18.3. The highest BCUT2D eigenvalue weighted by Crippen LogP contribution is 2.35. The molecule has 2 atom stereocenters. The summed E-state index contributed by atoms with van der Waals surface area (Å²) in [6.45, 7) is 7.74. The van der Waals surface area contributed by atoms with Gasteiger partial charge in [-0.2, -0.15) is 0 Å². The van der Waals surface area contributed by atoms with Crippen LogP contribution in [0.4, 0.5) is 5.13 Å². The van der Waals surface area contributed by atoms with Crippen LogP contribution >= 0.6 is 11.3 Å². The minimum absolute atomic E-state index is 0.270. The monoisotopic (exact) mass is 370 g/mol. The maximum absolute atomic E-state index is 13.6. The van der Waals surface area contributed by atoms with Crippen molar-refractivity contribution in [2.45, 2.75) is 71.9 Å². The molecule has 25 heavy (non-hydrogen) atoms. The molecule has 0 bridgehead atoms. The second-order valence-corrected chi connectivity index (χ2v) is 7.68. The Bertz CT molecular complexity index is 554. The third-order valence-corrected chi connectivity index (χ3v) is 5.46. The van der Waals surface area contributed by atoms with E-state index < -0.39 is 10.9 Å². The summed E-state index contributed by atoms with van der Waals surface area (Å²) in [6, 6.07) is 0. The molecular formula is C17H30N4O3S. The van der Waals surface area contributed by atoms with Gasteiger partial charge in [0.05, 0.1) is 6.54 Å². The molecule has 2 rings (SSSR count). The van der Waals surface area contributed by atoms with Gasteiger partial charge in [-0.25, -0.2) is 4.90 Å². The molecule has 0 spiro atoms. The lowest BCUT2D eigenvalue weighted by Crippen LogP contribution is -2.50. The molecule has 0 amide bonds. The Morgan fingerprint density at radius 1 is 1.28 bits per heavy atom. The Balaban J connectivity index is 2.15. The van der Waals surface area contributed by atoms with E-state index in [4.69, 9.17) is 4.74 Å². The first-order chi connectivity index (χ1) is 12.0. The Kier molecular flexibility index (Phi) is 7.74. The lowest BCUT2D eigenvalue weighted by atomic mass is 10.3. The van der Waals surface area contributed by atoms with Crippen molar-refractivity contribution in [1.82, 2.24) is 19.7 Å². The number of ether oxygens (including phenoxy) is 1. The van der Waals surface area contributed by atoms with E-state index in [9.17, 15) is 10.0 Å². The third-order valence-electron chi connectivity index (χ3n) is 4.36. The Labute approximate surface area is 154 Å². The predicted octanol–water partition coefficient (Wildman–Crippen LogP) is 3.43. The van der Waals surface area contributed by atoms with E-state index >= 15 is 0 Å². The van der Waals surface area contributed by atoms with Gasteiger partial charge in [0.25, 0.3) is 6.23 Å². The van der Waals surface area contributed by atoms with E-state index in [0.29, 0.717) is 24.5 Å². The maximum atomic E-state index is 13.6. The molecule has 2 heterocycles. The molecule has 0 aromatic carbocycles. The number of unbranched alkanes of at least 4 members (excludes halogenated alkanes) is 2. The van der Waals surface area contributed by atoms with Gasteiger partial charge in [-0.05, 0) is 30.6 Å². The normalized spacial score (nSPS) is 23.9. The van der Waals surface area contributed by atoms with Crippen LogP contribution in [0, 0.1) is 5.21 Å². The molecule has 1 aromatic rings. The number of aryl methyl sites for hydroxylation is 1. The summed E-state index contributed by atoms with van der Waals surface area (Å²) >= 11 is 1.36. The molecule has 0 radical (unpaired) electrons. The summed E-state index contributed by atoms with van der Waals surface area (Å²) in [5.41, 5.74) is 0. The van der Waals surface area contributed by atoms with Crippen molar-refractivity contribution in [3.05, 3.63) is 10.2 Å². The summed E-state index contributed by atoms with van der Waals surface area (Å²) in [7, 11) is 0. The number of carbonyl (C=O) groups excluding carboxylic acids is 1. The number of nitrogens with zero attached hydrogens (tertiary/aromatic N) is 4. The Morgan fingerprint density at radius 3 is 2.72 bits per heavy atom. The third kappa shape index (κ3) is 5.20. The van der Waals surface area contributed by atoms with Crippen molar-refractivity contribution in [1.29, 1.82) is 0 Å². The van der Waals surface area contributed by atoms with Crippen molar-refractivity contribution in [2.24, 2.45) is 0 Å². The number of hydrogen-bond acceptors (Lipinski definition) is 7. The number of rotatable bonds is 10. The van der Waals surface area contributed by atoms with Gasteiger partial charge >= 0.3 is 11.1 Å². The molecule has 0 saturated carbocycles. The Morgan fingerprint density at radius 2 is 2.04 bits per heavy atom. The van der Waals surface area contributed by atoms with Crippen LogP contribution in [0.15, 0.2) is 0 Å². The number of esters is 1. The fourth-order valence-electron chi connectivity index (χ4n) is 2.89. The van der Waals surface area contributed by atoms with Crippen molar-refractivity contribution >= 4 is 22.4 Å². The molecule has 2 unspecified atom stereocenters. The van der Waals surface area contributed by atoms with Crippen molar-refractivity contribution in [3.63, 3.8) is 0 Å². The van der Waals surface area contributed by atoms with Crippen LogP contribution in [0.25, 0.3) is 0 Å². The van der Waals surface area contributed by atoms with Gasteiger partial charge in [0.2, 0.25) is 0 Å². The van der Waals surface area contributed by atoms with Crippen LogP contribution < -0.4 is 4.65 Å². The summed E-state index contributed by atoms with van der Waals surface area (Å²) < 4.78 is 4.82. The van der Waals surface area contributed by atoms with Crippen LogP contribution in [0.2, 0.25) is 0 Å². The van der Waals surface area contributed by atoms with E-state index in [-0.39, 0.29) is 12.6 Å². The second-order valence-electron chi connectivity index (χ2n) is 6.64. The average Bonchev–Trinajstić information content (AvgIpc) is 3.17.